The molecule has 0 fully saturated rings. The Morgan fingerprint density at radius 2 is 1.52 bits per heavy atom. The molecule has 1 heterocycles. The number of hydrogen-bond donors (Lipinski definition) is 2. The van der Waals surface area contributed by atoms with Crippen LogP contribution in [0.3, 0.4) is 0 Å². The maximum absolute atomic E-state index is 13.6. The highest BCUT2D eigenvalue weighted by Crippen LogP contribution is 2.32. The molecule has 5 aromatic rings. The van der Waals surface area contributed by atoms with E-state index in [1.165, 1.54) is 32.4 Å². The SMILES string of the molecule is CCn1c2ccccc2c2cc(NC(=O)[C@@H](Cc3ccccc3)NS(=O)(=O)c3ccc(OC)c(OC)c3)ccc21. The van der Waals surface area contributed by atoms with Gasteiger partial charge in [-0.15, -0.1) is 0 Å². The summed E-state index contributed by atoms with van der Waals surface area (Å²) in [6.45, 7) is 2.91. The average Bonchev–Trinajstić information content (AvgIpc) is 3.29. The van der Waals surface area contributed by atoms with E-state index in [1.807, 2.05) is 60.7 Å². The maximum atomic E-state index is 13.6. The van der Waals surface area contributed by atoms with Crippen molar-refractivity contribution in [1.82, 2.24) is 9.29 Å². The van der Waals surface area contributed by atoms with Crippen molar-refractivity contribution in [3.63, 3.8) is 0 Å². The molecule has 5 rings (SSSR count). The van der Waals surface area contributed by atoms with E-state index >= 15 is 0 Å². The first kappa shape index (κ1) is 27.2. The summed E-state index contributed by atoms with van der Waals surface area (Å²) in [5.74, 6) is 0.209. The highest BCUT2D eigenvalue weighted by Gasteiger charge is 2.27. The second-order valence-electron chi connectivity index (χ2n) is 9.36. The summed E-state index contributed by atoms with van der Waals surface area (Å²) >= 11 is 0. The molecule has 0 aliphatic rings. The van der Waals surface area contributed by atoms with Gasteiger partial charge in [0.25, 0.3) is 0 Å². The van der Waals surface area contributed by atoms with Crippen LogP contribution in [0.15, 0.2) is 95.9 Å². The van der Waals surface area contributed by atoms with E-state index in [4.69, 9.17) is 9.47 Å². The van der Waals surface area contributed by atoms with Crippen LogP contribution in [0.25, 0.3) is 21.8 Å². The van der Waals surface area contributed by atoms with Gasteiger partial charge in [-0.05, 0) is 55.3 Å². The molecule has 0 radical (unpaired) electrons. The molecule has 8 nitrogen and oxygen atoms in total. The minimum atomic E-state index is -4.09. The predicted molar refractivity (Wildman–Crippen MR) is 158 cm³/mol. The summed E-state index contributed by atoms with van der Waals surface area (Å²) < 4.78 is 42.2. The largest absolute Gasteiger partial charge is 0.493 e. The Balaban J connectivity index is 1.47. The fourth-order valence-corrected chi connectivity index (χ4v) is 6.19. The van der Waals surface area contributed by atoms with Crippen molar-refractivity contribution in [2.45, 2.75) is 30.8 Å². The van der Waals surface area contributed by atoms with Gasteiger partial charge in [-0.2, -0.15) is 4.72 Å². The number of ether oxygens (including phenoxy) is 2. The third-order valence-corrected chi connectivity index (χ3v) is 8.39. The van der Waals surface area contributed by atoms with E-state index in [0.29, 0.717) is 11.4 Å². The normalized spacial score (nSPS) is 12.4. The number of aryl methyl sites for hydroxylation is 1. The molecule has 1 amide bonds. The minimum absolute atomic E-state index is 0.0372. The number of sulfonamides is 1. The molecule has 0 bridgehead atoms. The number of methoxy groups -OCH3 is 2. The Bertz CT molecular complexity index is 1780. The first-order chi connectivity index (χ1) is 19.3. The number of amides is 1. The van der Waals surface area contributed by atoms with Gasteiger partial charge < -0.3 is 19.4 Å². The number of nitrogens with one attached hydrogen (secondary N) is 2. The molecular formula is C31H31N3O5S. The number of nitrogens with zero attached hydrogens (tertiary/aromatic N) is 1. The second kappa shape index (κ2) is 11.4. The summed E-state index contributed by atoms with van der Waals surface area (Å²) in [6.07, 6.45) is 0.163. The standard InChI is InChI=1S/C31H31N3O5S/c1-4-34-27-13-9-8-12-24(27)25-19-22(14-16-28(25)34)32-31(35)26(18-21-10-6-5-7-11-21)33-40(36,37)23-15-17-29(38-2)30(20-23)39-3/h5-17,19-20,26,33H,4,18H2,1-3H3,(H,32,35)/t26-/m1/s1. The van der Waals surface area contributed by atoms with E-state index < -0.39 is 22.0 Å². The van der Waals surface area contributed by atoms with Crippen LogP contribution in [0.5, 0.6) is 11.5 Å². The summed E-state index contributed by atoms with van der Waals surface area (Å²) in [6, 6.07) is 26.4. The minimum Gasteiger partial charge on any atom is -0.493 e. The smallest absolute Gasteiger partial charge is 0.242 e. The molecule has 0 spiro atoms. The quantitative estimate of drug-likeness (QED) is 0.241. The first-order valence-corrected chi connectivity index (χ1v) is 14.4. The summed E-state index contributed by atoms with van der Waals surface area (Å²) in [5.41, 5.74) is 3.59. The van der Waals surface area contributed by atoms with Crippen LogP contribution >= 0.6 is 0 Å². The van der Waals surface area contributed by atoms with Crippen LogP contribution in [-0.4, -0.2) is 39.2 Å². The summed E-state index contributed by atoms with van der Waals surface area (Å²) in [5, 5.41) is 5.04. The lowest BCUT2D eigenvalue weighted by Crippen LogP contribution is -2.45. The summed E-state index contributed by atoms with van der Waals surface area (Å²) in [7, 11) is -1.18. The zero-order chi connectivity index (χ0) is 28.3. The van der Waals surface area contributed by atoms with Gasteiger partial charge in [0.05, 0.1) is 19.1 Å². The number of anilines is 1. The van der Waals surface area contributed by atoms with Crippen LogP contribution in [0, 0.1) is 0 Å². The number of fused-ring (bicyclic) bond motifs is 3. The van der Waals surface area contributed by atoms with Gasteiger partial charge >= 0.3 is 0 Å². The summed E-state index contributed by atoms with van der Waals surface area (Å²) in [4.78, 5) is 13.6. The van der Waals surface area contributed by atoms with Gasteiger partial charge in [0.15, 0.2) is 11.5 Å². The third kappa shape index (κ3) is 5.38. The fraction of sp³-hybridized carbons (Fsp3) is 0.194. The number of rotatable bonds is 10. The van der Waals surface area contributed by atoms with Gasteiger partial charge in [-0.25, -0.2) is 8.42 Å². The Kier molecular flexibility index (Phi) is 7.77. The Hall–Kier alpha value is -4.34. The molecule has 40 heavy (non-hydrogen) atoms. The lowest BCUT2D eigenvalue weighted by Gasteiger charge is -2.19. The number of para-hydroxylation sites is 1. The molecule has 0 saturated heterocycles. The highest BCUT2D eigenvalue weighted by molar-refractivity contribution is 7.89. The van der Waals surface area contributed by atoms with Crippen LogP contribution in [0.2, 0.25) is 0 Å². The monoisotopic (exact) mass is 557 g/mol. The molecule has 0 saturated carbocycles. The molecule has 9 heteroatoms. The van der Waals surface area contributed by atoms with E-state index in [1.54, 1.807) is 0 Å². The lowest BCUT2D eigenvalue weighted by atomic mass is 10.1. The highest BCUT2D eigenvalue weighted by atomic mass is 32.2. The average molecular weight is 558 g/mol. The Morgan fingerprint density at radius 3 is 2.25 bits per heavy atom. The second-order valence-corrected chi connectivity index (χ2v) is 11.1. The number of carbonyl (C=O) groups excluding carboxylic acids is 1. The van der Waals surface area contributed by atoms with Crippen LogP contribution in [0.4, 0.5) is 5.69 Å². The van der Waals surface area contributed by atoms with Crippen molar-refractivity contribution >= 4 is 43.4 Å². The number of benzene rings is 4. The zero-order valence-corrected chi connectivity index (χ0v) is 23.4. The molecule has 0 unspecified atom stereocenters. The van der Waals surface area contributed by atoms with Crippen molar-refractivity contribution in [1.29, 1.82) is 0 Å². The van der Waals surface area contributed by atoms with Gasteiger partial charge in [0.2, 0.25) is 15.9 Å². The number of carbonyl (C=O) groups is 1. The molecule has 206 valence electrons. The van der Waals surface area contributed by atoms with E-state index in [0.717, 1.165) is 33.9 Å². The van der Waals surface area contributed by atoms with E-state index in [2.05, 4.69) is 33.7 Å². The lowest BCUT2D eigenvalue weighted by molar-refractivity contribution is -0.117. The van der Waals surface area contributed by atoms with Crippen molar-refractivity contribution in [3.05, 3.63) is 96.6 Å². The number of hydrogen-bond acceptors (Lipinski definition) is 5. The fourth-order valence-electron chi connectivity index (χ4n) is 4.98. The third-order valence-electron chi connectivity index (χ3n) is 6.92. The van der Waals surface area contributed by atoms with E-state index in [-0.39, 0.29) is 17.1 Å². The maximum Gasteiger partial charge on any atom is 0.242 e. The van der Waals surface area contributed by atoms with Gasteiger partial charge in [-0.3, -0.25) is 4.79 Å². The molecular weight excluding hydrogens is 526 g/mol. The molecule has 1 aromatic heterocycles. The zero-order valence-electron chi connectivity index (χ0n) is 22.5. The Labute approximate surface area is 233 Å². The molecule has 0 aliphatic heterocycles. The number of aromatic nitrogens is 1. The van der Waals surface area contributed by atoms with Crippen LogP contribution in [-0.2, 0) is 27.8 Å². The van der Waals surface area contributed by atoms with Gasteiger partial charge in [0.1, 0.15) is 6.04 Å². The first-order valence-electron chi connectivity index (χ1n) is 12.9. The van der Waals surface area contributed by atoms with Crippen LogP contribution in [0.1, 0.15) is 12.5 Å². The molecule has 2 N–H and O–H groups in total. The molecule has 0 aliphatic carbocycles. The van der Waals surface area contributed by atoms with Gasteiger partial charge in [-0.1, -0.05) is 48.5 Å². The van der Waals surface area contributed by atoms with Crippen molar-refractivity contribution in [2.24, 2.45) is 0 Å². The van der Waals surface area contributed by atoms with Gasteiger partial charge in [0, 0.05) is 40.1 Å². The van der Waals surface area contributed by atoms with Crippen molar-refractivity contribution in [3.8, 4) is 11.5 Å². The van der Waals surface area contributed by atoms with Crippen molar-refractivity contribution in [2.75, 3.05) is 19.5 Å². The molecule has 1 atom stereocenters. The van der Waals surface area contributed by atoms with E-state index in [9.17, 15) is 13.2 Å². The Morgan fingerprint density at radius 1 is 0.825 bits per heavy atom. The van der Waals surface area contributed by atoms with Crippen LogP contribution < -0.4 is 19.5 Å². The predicted octanol–water partition coefficient (Wildman–Crippen LogP) is 5.36. The topological polar surface area (TPSA) is 98.7 Å². The van der Waals surface area contributed by atoms with Crippen molar-refractivity contribution < 1.29 is 22.7 Å². The molecule has 4 aromatic carbocycles.